The van der Waals surface area contributed by atoms with Gasteiger partial charge in [0.1, 0.15) is 0 Å². The van der Waals surface area contributed by atoms with Gasteiger partial charge in [0.2, 0.25) is 11.8 Å². The molecule has 5 nitrogen and oxygen atoms in total. The van der Waals surface area contributed by atoms with Crippen LogP contribution in [0.2, 0.25) is 0 Å². The van der Waals surface area contributed by atoms with Crippen LogP contribution in [0.4, 0.5) is 5.69 Å². The molecule has 15 heavy (non-hydrogen) atoms. The summed E-state index contributed by atoms with van der Waals surface area (Å²) in [7, 11) is 0. The lowest BCUT2D eigenvalue weighted by atomic mass is 10.1. The third-order valence-corrected chi connectivity index (χ3v) is 3.54. The molecule has 0 bridgehead atoms. The zero-order chi connectivity index (χ0) is 10.8. The summed E-state index contributed by atoms with van der Waals surface area (Å²) in [4.78, 5) is 25.1. The SMILES string of the molecule is CC1(C)C2C(=O)N(c3cn[nH]c3)C(=O)C21. The zero-order valence-electron chi connectivity index (χ0n) is 8.52. The van der Waals surface area contributed by atoms with E-state index < -0.39 is 0 Å². The number of carbonyl (C=O) groups is 2. The highest BCUT2D eigenvalue weighted by Gasteiger charge is 2.72. The summed E-state index contributed by atoms with van der Waals surface area (Å²) < 4.78 is 0. The Bertz CT molecular complexity index is 425. The van der Waals surface area contributed by atoms with E-state index in [0.717, 1.165) is 0 Å². The molecule has 2 amide bonds. The second-order valence-corrected chi connectivity index (χ2v) is 4.75. The summed E-state index contributed by atoms with van der Waals surface area (Å²) in [5, 5.41) is 6.34. The fourth-order valence-electron chi connectivity index (χ4n) is 2.57. The van der Waals surface area contributed by atoms with Crippen molar-refractivity contribution >= 4 is 17.5 Å². The van der Waals surface area contributed by atoms with E-state index in [1.165, 1.54) is 11.1 Å². The van der Waals surface area contributed by atoms with Gasteiger partial charge in [-0.1, -0.05) is 13.8 Å². The number of amides is 2. The van der Waals surface area contributed by atoms with Gasteiger partial charge in [-0.3, -0.25) is 14.7 Å². The van der Waals surface area contributed by atoms with Crippen molar-refractivity contribution in [2.75, 3.05) is 4.90 Å². The molecule has 1 N–H and O–H groups in total. The molecule has 2 heterocycles. The van der Waals surface area contributed by atoms with Gasteiger partial charge < -0.3 is 0 Å². The predicted molar refractivity (Wildman–Crippen MR) is 51.8 cm³/mol. The van der Waals surface area contributed by atoms with Crippen molar-refractivity contribution in [1.29, 1.82) is 0 Å². The van der Waals surface area contributed by atoms with Crippen molar-refractivity contribution in [3.63, 3.8) is 0 Å². The quantitative estimate of drug-likeness (QED) is 0.681. The highest BCUT2D eigenvalue weighted by Crippen LogP contribution is 2.63. The van der Waals surface area contributed by atoms with E-state index in [-0.39, 0.29) is 29.1 Å². The first kappa shape index (κ1) is 8.64. The van der Waals surface area contributed by atoms with Gasteiger partial charge in [0.05, 0.1) is 23.7 Å². The van der Waals surface area contributed by atoms with Crippen LogP contribution in [-0.4, -0.2) is 22.0 Å². The van der Waals surface area contributed by atoms with Crippen LogP contribution in [-0.2, 0) is 9.59 Å². The monoisotopic (exact) mass is 205 g/mol. The molecular weight excluding hydrogens is 194 g/mol. The van der Waals surface area contributed by atoms with Crippen LogP contribution < -0.4 is 4.90 Å². The van der Waals surface area contributed by atoms with Crippen molar-refractivity contribution in [1.82, 2.24) is 10.2 Å². The van der Waals surface area contributed by atoms with Crippen LogP contribution in [0.3, 0.4) is 0 Å². The van der Waals surface area contributed by atoms with E-state index in [0.29, 0.717) is 5.69 Å². The van der Waals surface area contributed by atoms with E-state index in [2.05, 4.69) is 10.2 Å². The van der Waals surface area contributed by atoms with E-state index in [4.69, 9.17) is 0 Å². The van der Waals surface area contributed by atoms with Crippen LogP contribution >= 0.6 is 0 Å². The van der Waals surface area contributed by atoms with Crippen LogP contribution in [0.25, 0.3) is 0 Å². The molecule has 2 aliphatic rings. The van der Waals surface area contributed by atoms with Crippen molar-refractivity contribution in [2.24, 2.45) is 17.3 Å². The molecule has 1 aliphatic carbocycles. The number of nitrogens with one attached hydrogen (secondary N) is 1. The maximum atomic E-state index is 11.9. The molecule has 1 saturated heterocycles. The van der Waals surface area contributed by atoms with Crippen molar-refractivity contribution in [3.05, 3.63) is 12.4 Å². The molecule has 0 spiro atoms. The predicted octanol–water partition coefficient (Wildman–Crippen LogP) is 0.555. The van der Waals surface area contributed by atoms with Crippen LogP contribution in [0.1, 0.15) is 13.8 Å². The minimum Gasteiger partial charge on any atom is -0.284 e. The molecule has 3 rings (SSSR count). The number of hydrogen-bond donors (Lipinski definition) is 1. The number of anilines is 1. The van der Waals surface area contributed by atoms with Crippen molar-refractivity contribution in [3.8, 4) is 0 Å². The average Bonchev–Trinajstić information content (AvgIpc) is 2.57. The molecule has 2 fully saturated rings. The zero-order valence-corrected chi connectivity index (χ0v) is 8.52. The second kappa shape index (κ2) is 2.29. The minimum atomic E-state index is -0.144. The van der Waals surface area contributed by atoms with E-state index in [9.17, 15) is 9.59 Å². The lowest BCUT2D eigenvalue weighted by Crippen LogP contribution is -2.35. The Morgan fingerprint density at radius 1 is 1.33 bits per heavy atom. The largest absolute Gasteiger partial charge is 0.284 e. The van der Waals surface area contributed by atoms with Crippen LogP contribution in [0, 0.1) is 17.3 Å². The number of carbonyl (C=O) groups excluding carboxylic acids is 2. The molecule has 1 aromatic heterocycles. The van der Waals surface area contributed by atoms with E-state index >= 15 is 0 Å². The number of H-pyrrole nitrogens is 1. The first-order valence-corrected chi connectivity index (χ1v) is 4.91. The molecular formula is C10H11N3O2. The van der Waals surface area contributed by atoms with Gasteiger partial charge in [-0.05, 0) is 5.41 Å². The van der Waals surface area contributed by atoms with Gasteiger partial charge in [-0.15, -0.1) is 0 Å². The van der Waals surface area contributed by atoms with E-state index in [1.807, 2.05) is 13.8 Å². The Labute approximate surface area is 86.5 Å². The number of aromatic nitrogens is 2. The molecule has 0 radical (unpaired) electrons. The topological polar surface area (TPSA) is 66.1 Å². The van der Waals surface area contributed by atoms with Gasteiger partial charge in [0.25, 0.3) is 0 Å². The second-order valence-electron chi connectivity index (χ2n) is 4.75. The third-order valence-electron chi connectivity index (χ3n) is 3.54. The lowest BCUT2D eigenvalue weighted by Gasteiger charge is -2.18. The summed E-state index contributed by atoms with van der Waals surface area (Å²) in [6, 6.07) is 0. The maximum Gasteiger partial charge on any atom is 0.238 e. The molecule has 5 heteroatoms. The van der Waals surface area contributed by atoms with Gasteiger partial charge in [-0.2, -0.15) is 5.10 Å². The number of aromatic amines is 1. The first-order valence-electron chi connectivity index (χ1n) is 4.91. The molecule has 78 valence electrons. The van der Waals surface area contributed by atoms with Gasteiger partial charge in [0.15, 0.2) is 0 Å². The van der Waals surface area contributed by atoms with Gasteiger partial charge in [0, 0.05) is 6.20 Å². The number of rotatable bonds is 1. The Morgan fingerprint density at radius 3 is 2.40 bits per heavy atom. The van der Waals surface area contributed by atoms with E-state index in [1.54, 1.807) is 6.20 Å². The first-order chi connectivity index (χ1) is 7.05. The average molecular weight is 205 g/mol. The Kier molecular flexibility index (Phi) is 1.32. The maximum absolute atomic E-state index is 11.9. The van der Waals surface area contributed by atoms with Crippen molar-refractivity contribution < 1.29 is 9.59 Å². The number of fused-ring (bicyclic) bond motifs is 1. The minimum absolute atomic E-state index is 0.0867. The molecule has 0 aromatic carbocycles. The third kappa shape index (κ3) is 0.854. The fraction of sp³-hybridized carbons (Fsp3) is 0.500. The Hall–Kier alpha value is -1.65. The van der Waals surface area contributed by atoms with Crippen molar-refractivity contribution in [2.45, 2.75) is 13.8 Å². The Morgan fingerprint density at radius 2 is 1.93 bits per heavy atom. The summed E-state index contributed by atoms with van der Waals surface area (Å²) >= 11 is 0. The number of nitrogens with zero attached hydrogens (tertiary/aromatic N) is 2. The standard InChI is InChI=1S/C10H11N3O2/c1-10(2)6-7(10)9(15)13(8(6)14)5-3-11-12-4-5/h3-4,6-7H,1-2H3,(H,11,12). The molecule has 1 aromatic rings. The molecule has 2 unspecified atom stereocenters. The Balaban J connectivity index is 1.98. The number of hydrogen-bond acceptors (Lipinski definition) is 3. The fourth-order valence-corrected chi connectivity index (χ4v) is 2.57. The summed E-state index contributed by atoms with van der Waals surface area (Å²) in [5.41, 5.74) is 0.405. The van der Waals surface area contributed by atoms with Crippen LogP contribution in [0.5, 0.6) is 0 Å². The van der Waals surface area contributed by atoms with Crippen LogP contribution in [0.15, 0.2) is 12.4 Å². The highest BCUT2D eigenvalue weighted by molar-refractivity contribution is 6.25. The smallest absolute Gasteiger partial charge is 0.238 e. The molecule has 2 atom stereocenters. The summed E-state index contributed by atoms with van der Waals surface area (Å²) in [5.74, 6) is -0.424. The van der Waals surface area contributed by atoms with Gasteiger partial charge >= 0.3 is 0 Å². The molecule has 1 aliphatic heterocycles. The number of piperidine rings is 1. The normalized spacial score (nSPS) is 32.0. The summed E-state index contributed by atoms with van der Waals surface area (Å²) in [6.45, 7) is 3.93. The summed E-state index contributed by atoms with van der Waals surface area (Å²) in [6.07, 6.45) is 3.06. The van der Waals surface area contributed by atoms with Gasteiger partial charge in [-0.25, -0.2) is 4.90 Å². The highest BCUT2D eigenvalue weighted by atomic mass is 16.2. The molecule has 1 saturated carbocycles. The lowest BCUT2D eigenvalue weighted by molar-refractivity contribution is -0.125. The number of imide groups is 1.